The molecule has 174 valence electrons. The molecule has 0 aliphatic rings. The molecule has 0 aromatic heterocycles. The molecule has 7 nitrogen and oxygen atoms in total. The average Bonchev–Trinajstić information content (AvgIpc) is 2.66. The van der Waals surface area contributed by atoms with Gasteiger partial charge >= 0.3 is 13.8 Å². The van der Waals surface area contributed by atoms with E-state index >= 15 is 0 Å². The van der Waals surface area contributed by atoms with Crippen molar-refractivity contribution < 1.29 is 28.4 Å². The lowest BCUT2D eigenvalue weighted by molar-refractivity contribution is -0.137. The molecule has 2 atom stereocenters. The number of phosphoric ester groups is 1. The van der Waals surface area contributed by atoms with Gasteiger partial charge in [-0.1, -0.05) is 96.8 Å². The minimum absolute atomic E-state index is 0.0701. The first-order chi connectivity index (χ1) is 13.9. The fourth-order valence-electron chi connectivity index (χ4n) is 3.16. The van der Waals surface area contributed by atoms with Gasteiger partial charge in [-0.3, -0.25) is 13.8 Å². The summed E-state index contributed by atoms with van der Waals surface area (Å²) >= 11 is 0. The van der Waals surface area contributed by atoms with Gasteiger partial charge < -0.3 is 15.7 Å². The predicted molar refractivity (Wildman–Crippen MR) is 117 cm³/mol. The maximum absolute atomic E-state index is 11.6. The lowest BCUT2D eigenvalue weighted by Gasteiger charge is -2.15. The van der Waals surface area contributed by atoms with Crippen molar-refractivity contribution in [3.05, 3.63) is 0 Å². The molecule has 0 heterocycles. The molecule has 0 aliphatic heterocycles. The molecule has 0 aliphatic carbocycles. The topological polar surface area (TPSA) is 119 Å². The minimum Gasteiger partial charge on any atom is -0.481 e. The van der Waals surface area contributed by atoms with Gasteiger partial charge in [0.1, 0.15) is 0 Å². The van der Waals surface area contributed by atoms with Crippen LogP contribution in [0, 0.1) is 0 Å². The van der Waals surface area contributed by atoms with E-state index in [1.54, 1.807) is 0 Å². The summed E-state index contributed by atoms with van der Waals surface area (Å²) in [5.74, 6) is -1.10. The van der Waals surface area contributed by atoms with Gasteiger partial charge in [0.2, 0.25) is 0 Å². The highest BCUT2D eigenvalue weighted by molar-refractivity contribution is 7.47. The van der Waals surface area contributed by atoms with Crippen LogP contribution in [0.15, 0.2) is 0 Å². The summed E-state index contributed by atoms with van der Waals surface area (Å²) in [7, 11) is -4.22. The summed E-state index contributed by atoms with van der Waals surface area (Å²) in [5, 5.41) is 8.47. The summed E-state index contributed by atoms with van der Waals surface area (Å²) in [6.45, 7) is 1.82. The highest BCUT2D eigenvalue weighted by atomic mass is 31.2. The molecule has 4 N–H and O–H groups in total. The molecule has 0 spiro atoms. The van der Waals surface area contributed by atoms with Crippen molar-refractivity contribution in [2.45, 2.75) is 116 Å². The Balaban J connectivity index is 3.39. The highest BCUT2D eigenvalue weighted by Gasteiger charge is 2.22. The number of carbonyl (C=O) groups is 1. The van der Waals surface area contributed by atoms with Crippen LogP contribution in [-0.4, -0.2) is 35.2 Å². The summed E-state index contributed by atoms with van der Waals surface area (Å²) in [4.78, 5) is 19.8. The van der Waals surface area contributed by atoms with Crippen LogP contribution < -0.4 is 5.73 Å². The Morgan fingerprint density at radius 3 is 1.76 bits per heavy atom. The third-order valence-corrected chi connectivity index (χ3v) is 5.93. The third-order valence-electron chi connectivity index (χ3n) is 4.95. The summed E-state index contributed by atoms with van der Waals surface area (Å²) in [5.41, 5.74) is 5.90. The smallest absolute Gasteiger partial charge is 0.472 e. The molecule has 0 aromatic rings. The first-order valence-electron chi connectivity index (χ1n) is 11.5. The predicted octanol–water partition coefficient (Wildman–Crippen LogP) is 5.79. The van der Waals surface area contributed by atoms with Crippen LogP contribution in [0.1, 0.15) is 110 Å². The number of rotatable bonds is 22. The number of carboxylic acids is 1. The third kappa shape index (κ3) is 22.1. The van der Waals surface area contributed by atoms with E-state index in [0.717, 1.165) is 19.3 Å². The van der Waals surface area contributed by atoms with Crippen LogP contribution in [0.3, 0.4) is 0 Å². The SMILES string of the molecule is CCCCCCCCCCCCCCCCC(N)COP(=O)(O)OCCC(=O)O. The van der Waals surface area contributed by atoms with E-state index in [-0.39, 0.29) is 25.7 Å². The van der Waals surface area contributed by atoms with Crippen LogP contribution in [0.5, 0.6) is 0 Å². The van der Waals surface area contributed by atoms with Gasteiger partial charge in [0.15, 0.2) is 0 Å². The van der Waals surface area contributed by atoms with Gasteiger partial charge in [-0.05, 0) is 6.42 Å². The Morgan fingerprint density at radius 1 is 0.862 bits per heavy atom. The van der Waals surface area contributed by atoms with Gasteiger partial charge in [0, 0.05) is 6.04 Å². The normalized spacial score (nSPS) is 14.6. The first kappa shape index (κ1) is 28.5. The Morgan fingerprint density at radius 2 is 1.31 bits per heavy atom. The quantitative estimate of drug-likeness (QED) is 0.145. The Kier molecular flexibility index (Phi) is 19.2. The van der Waals surface area contributed by atoms with Crippen LogP contribution in [0.25, 0.3) is 0 Å². The summed E-state index contributed by atoms with van der Waals surface area (Å²) in [6.07, 6.45) is 18.5. The second-order valence-electron chi connectivity index (χ2n) is 7.89. The monoisotopic (exact) mass is 437 g/mol. The molecule has 0 fully saturated rings. The zero-order chi connectivity index (χ0) is 21.8. The molecular formula is C21H44NO6P. The van der Waals surface area contributed by atoms with Crippen molar-refractivity contribution in [3.63, 3.8) is 0 Å². The second kappa shape index (κ2) is 19.5. The van der Waals surface area contributed by atoms with E-state index in [9.17, 15) is 14.3 Å². The number of hydrogen-bond acceptors (Lipinski definition) is 5. The van der Waals surface area contributed by atoms with E-state index in [2.05, 4.69) is 11.4 Å². The average molecular weight is 438 g/mol. The van der Waals surface area contributed by atoms with E-state index < -0.39 is 13.8 Å². The highest BCUT2D eigenvalue weighted by Crippen LogP contribution is 2.43. The fraction of sp³-hybridized carbons (Fsp3) is 0.952. The van der Waals surface area contributed by atoms with Crippen molar-refractivity contribution in [3.8, 4) is 0 Å². The molecule has 0 rings (SSSR count). The van der Waals surface area contributed by atoms with Gasteiger partial charge in [-0.15, -0.1) is 0 Å². The van der Waals surface area contributed by atoms with Gasteiger partial charge in [-0.25, -0.2) is 4.57 Å². The molecule has 0 amide bonds. The lowest BCUT2D eigenvalue weighted by Crippen LogP contribution is -2.25. The Bertz CT molecular complexity index is 435. The number of phosphoric acid groups is 1. The lowest BCUT2D eigenvalue weighted by atomic mass is 10.0. The summed E-state index contributed by atoms with van der Waals surface area (Å²) in [6, 6.07) is -0.323. The molecule has 0 saturated carbocycles. The fourth-order valence-corrected chi connectivity index (χ4v) is 3.94. The largest absolute Gasteiger partial charge is 0.481 e. The van der Waals surface area contributed by atoms with Crippen LogP contribution in [-0.2, 0) is 18.4 Å². The molecule has 0 radical (unpaired) electrons. The van der Waals surface area contributed by atoms with Crippen LogP contribution in [0.4, 0.5) is 0 Å². The van der Waals surface area contributed by atoms with E-state index in [0.29, 0.717) is 0 Å². The first-order valence-corrected chi connectivity index (χ1v) is 13.0. The van der Waals surface area contributed by atoms with E-state index in [1.807, 2.05) is 0 Å². The van der Waals surface area contributed by atoms with Crippen molar-refractivity contribution in [1.82, 2.24) is 0 Å². The van der Waals surface area contributed by atoms with Crippen molar-refractivity contribution in [2.24, 2.45) is 5.73 Å². The maximum atomic E-state index is 11.6. The number of nitrogens with two attached hydrogens (primary N) is 1. The van der Waals surface area contributed by atoms with Crippen LogP contribution in [0.2, 0.25) is 0 Å². The van der Waals surface area contributed by atoms with Crippen molar-refractivity contribution in [2.75, 3.05) is 13.2 Å². The van der Waals surface area contributed by atoms with Gasteiger partial charge in [-0.2, -0.15) is 0 Å². The summed E-state index contributed by atoms with van der Waals surface area (Å²) < 4.78 is 20.9. The van der Waals surface area contributed by atoms with Crippen molar-refractivity contribution >= 4 is 13.8 Å². The number of hydrogen-bond donors (Lipinski definition) is 3. The molecule has 0 bridgehead atoms. The minimum atomic E-state index is -4.22. The standard InChI is InChI=1S/C21H44NO6P/c1-2-3-4-5-6-7-8-9-10-11-12-13-14-15-16-20(22)19-28-29(25,26)27-18-17-21(23)24/h20H,2-19,22H2,1H3,(H,23,24)(H,25,26). The maximum Gasteiger partial charge on any atom is 0.472 e. The second-order valence-corrected chi connectivity index (χ2v) is 9.34. The Hall–Kier alpha value is -0.460. The molecule has 29 heavy (non-hydrogen) atoms. The van der Waals surface area contributed by atoms with Gasteiger partial charge in [0.25, 0.3) is 0 Å². The molecule has 0 aromatic carbocycles. The molecular weight excluding hydrogens is 393 g/mol. The van der Waals surface area contributed by atoms with Gasteiger partial charge in [0.05, 0.1) is 19.6 Å². The van der Waals surface area contributed by atoms with Crippen molar-refractivity contribution in [1.29, 1.82) is 0 Å². The van der Waals surface area contributed by atoms with E-state index in [1.165, 1.54) is 77.0 Å². The number of unbranched alkanes of at least 4 members (excludes halogenated alkanes) is 13. The molecule has 2 unspecified atom stereocenters. The zero-order valence-corrected chi connectivity index (χ0v) is 19.3. The Labute approximate surface area is 177 Å². The van der Waals surface area contributed by atoms with Crippen LogP contribution >= 0.6 is 7.82 Å². The molecule has 0 saturated heterocycles. The van der Waals surface area contributed by atoms with E-state index in [4.69, 9.17) is 15.4 Å². The molecule has 8 heteroatoms. The number of aliphatic carboxylic acids is 1. The zero-order valence-electron chi connectivity index (χ0n) is 18.4. The number of carboxylic acid groups (broad SMARTS) is 1.